The molecule has 4 aromatic rings. The van der Waals surface area contributed by atoms with Gasteiger partial charge in [-0.15, -0.1) is 0 Å². The lowest BCUT2D eigenvalue weighted by Gasteiger charge is -2.25. The molecule has 1 aromatic heterocycles. The van der Waals surface area contributed by atoms with Crippen LogP contribution in [-0.2, 0) is 18.9 Å². The first-order valence-electron chi connectivity index (χ1n) is 12.7. The van der Waals surface area contributed by atoms with E-state index in [1.807, 2.05) is 4.98 Å². The number of aromatic nitrogens is 2. The van der Waals surface area contributed by atoms with Crippen LogP contribution in [0.1, 0.15) is 37.3 Å². The van der Waals surface area contributed by atoms with Crippen LogP contribution in [0.4, 0.5) is 4.39 Å². The molecule has 2 heterocycles. The Morgan fingerprint density at radius 3 is 1.74 bits per heavy atom. The van der Waals surface area contributed by atoms with Crippen LogP contribution >= 0.6 is 0 Å². The van der Waals surface area contributed by atoms with Crippen molar-refractivity contribution in [3.05, 3.63) is 141 Å². The fraction of sp³-hybridized carbons (Fsp3) is 0.167. The van der Waals surface area contributed by atoms with Gasteiger partial charge in [0.2, 0.25) is 5.82 Å². The van der Waals surface area contributed by atoms with Crippen LogP contribution < -0.4 is 11.2 Å². The highest BCUT2D eigenvalue weighted by Crippen LogP contribution is 2.34. The Kier molecular flexibility index (Phi) is 8.34. The monoisotopic (exact) mass is 574 g/mol. The molecule has 0 bridgehead atoms. The Bertz CT molecular complexity index is 1690. The van der Waals surface area contributed by atoms with Crippen molar-refractivity contribution in [1.82, 2.24) is 9.55 Å². The van der Waals surface area contributed by atoms with E-state index in [9.17, 15) is 28.4 Å². The molecule has 0 aliphatic carbocycles. The summed E-state index contributed by atoms with van der Waals surface area (Å²) in [7, 11) is 0. The van der Waals surface area contributed by atoms with E-state index in [0.717, 1.165) is 0 Å². The lowest BCUT2D eigenvalue weighted by molar-refractivity contribution is -0.0643. The molecule has 0 unspecified atom stereocenters. The van der Waals surface area contributed by atoms with E-state index >= 15 is 0 Å². The Balaban J connectivity index is 1.52. The number of carbonyl (C=O) groups excluding carboxylic acids is 3. The molecular formula is C30H23FN2O9. The second-order valence-electron chi connectivity index (χ2n) is 9.15. The van der Waals surface area contributed by atoms with Gasteiger partial charge < -0.3 is 18.9 Å². The van der Waals surface area contributed by atoms with Gasteiger partial charge in [0.25, 0.3) is 5.56 Å². The van der Waals surface area contributed by atoms with Gasteiger partial charge in [0.15, 0.2) is 18.4 Å². The molecule has 4 atom stereocenters. The van der Waals surface area contributed by atoms with Gasteiger partial charge in [-0.05, 0) is 36.4 Å². The molecule has 1 aliphatic heterocycles. The second-order valence-corrected chi connectivity index (χ2v) is 9.15. The van der Waals surface area contributed by atoms with E-state index < -0.39 is 66.1 Å². The average molecular weight is 575 g/mol. The predicted molar refractivity (Wildman–Crippen MR) is 143 cm³/mol. The lowest BCUT2D eigenvalue weighted by atomic mass is 10.1. The standard InChI is InChI=1S/C30H23FN2O9/c31-21-16-33(30(38)32-25(21)34)26-24(42-29(37)20-14-8-3-9-15-20)23(41-28(36)19-12-6-2-7-13-19)22(40-26)17-39-27(35)18-10-4-1-5-11-18/h1-16,22-24,26H,17H2,(H,32,34,38)/t22-,23+,24+,26-/m0/s1. The van der Waals surface area contributed by atoms with Crippen LogP contribution in [0.3, 0.4) is 0 Å². The maximum Gasteiger partial charge on any atom is 0.338 e. The highest BCUT2D eigenvalue weighted by Gasteiger charge is 2.51. The largest absolute Gasteiger partial charge is 0.459 e. The summed E-state index contributed by atoms with van der Waals surface area (Å²) in [5.74, 6) is -3.73. The number of hydrogen-bond acceptors (Lipinski definition) is 9. The maximum atomic E-state index is 14.3. The van der Waals surface area contributed by atoms with E-state index in [0.29, 0.717) is 10.8 Å². The van der Waals surface area contributed by atoms with Gasteiger partial charge in [-0.1, -0.05) is 54.6 Å². The minimum atomic E-state index is -1.59. The number of nitrogens with zero attached hydrogens (tertiary/aromatic N) is 1. The van der Waals surface area contributed by atoms with Gasteiger partial charge in [-0.2, -0.15) is 4.39 Å². The van der Waals surface area contributed by atoms with E-state index in [1.165, 1.54) is 36.4 Å². The number of carbonyl (C=O) groups is 3. The minimum absolute atomic E-state index is 0.128. The smallest absolute Gasteiger partial charge is 0.338 e. The third-order valence-corrected chi connectivity index (χ3v) is 6.38. The topological polar surface area (TPSA) is 143 Å². The first kappa shape index (κ1) is 28.2. The summed E-state index contributed by atoms with van der Waals surface area (Å²) in [6, 6.07) is 23.8. The summed E-state index contributed by atoms with van der Waals surface area (Å²) in [5.41, 5.74) is -1.84. The quantitative estimate of drug-likeness (QED) is 0.248. The van der Waals surface area contributed by atoms with Crippen molar-refractivity contribution in [3.8, 4) is 0 Å². The molecule has 5 rings (SSSR count). The molecule has 0 radical (unpaired) electrons. The Labute approximate surface area is 237 Å². The summed E-state index contributed by atoms with van der Waals surface area (Å²) in [6.07, 6.45) is -5.28. The van der Waals surface area contributed by atoms with E-state index in [4.69, 9.17) is 18.9 Å². The van der Waals surface area contributed by atoms with Crippen LogP contribution in [0.5, 0.6) is 0 Å². The first-order valence-corrected chi connectivity index (χ1v) is 12.7. The third kappa shape index (κ3) is 6.18. The first-order chi connectivity index (χ1) is 20.3. The zero-order valence-corrected chi connectivity index (χ0v) is 21.8. The third-order valence-electron chi connectivity index (χ3n) is 6.38. The van der Waals surface area contributed by atoms with E-state index in [-0.39, 0.29) is 16.7 Å². The molecule has 0 spiro atoms. The molecule has 42 heavy (non-hydrogen) atoms. The molecule has 1 fully saturated rings. The van der Waals surface area contributed by atoms with E-state index in [2.05, 4.69) is 0 Å². The Morgan fingerprint density at radius 2 is 1.21 bits per heavy atom. The number of halogens is 1. The summed E-state index contributed by atoms with van der Waals surface area (Å²) < 4.78 is 37.8. The normalized spacial score (nSPS) is 19.5. The van der Waals surface area contributed by atoms with Crippen LogP contribution in [0.15, 0.2) is 107 Å². The maximum absolute atomic E-state index is 14.3. The van der Waals surface area contributed by atoms with Gasteiger partial charge in [0, 0.05) is 0 Å². The molecule has 11 nitrogen and oxygen atoms in total. The summed E-state index contributed by atoms with van der Waals surface area (Å²) in [6.45, 7) is -0.503. The van der Waals surface area contributed by atoms with Gasteiger partial charge in [0.1, 0.15) is 12.7 Å². The zero-order valence-electron chi connectivity index (χ0n) is 21.8. The Hall–Kier alpha value is -5.36. The van der Waals surface area contributed by atoms with Crippen LogP contribution in [0.25, 0.3) is 0 Å². The number of H-pyrrole nitrogens is 1. The number of hydrogen-bond donors (Lipinski definition) is 1. The number of nitrogens with one attached hydrogen (secondary N) is 1. The molecule has 12 heteroatoms. The van der Waals surface area contributed by atoms with Crippen molar-refractivity contribution in [1.29, 1.82) is 0 Å². The van der Waals surface area contributed by atoms with Crippen molar-refractivity contribution in [2.75, 3.05) is 6.61 Å². The summed E-state index contributed by atoms with van der Waals surface area (Å²) in [4.78, 5) is 65.1. The molecule has 0 amide bonds. The van der Waals surface area contributed by atoms with Crippen molar-refractivity contribution in [2.45, 2.75) is 24.5 Å². The molecule has 0 saturated carbocycles. The van der Waals surface area contributed by atoms with Gasteiger partial charge in [-0.3, -0.25) is 14.3 Å². The predicted octanol–water partition coefficient (Wildman–Crippen LogP) is 2.88. The van der Waals surface area contributed by atoms with Crippen molar-refractivity contribution in [2.24, 2.45) is 0 Å². The number of rotatable bonds is 8. The zero-order chi connectivity index (χ0) is 29.6. The average Bonchev–Trinajstić information content (AvgIpc) is 3.34. The highest BCUT2D eigenvalue weighted by molar-refractivity contribution is 5.91. The molecule has 1 aliphatic rings. The number of ether oxygens (including phenoxy) is 4. The lowest BCUT2D eigenvalue weighted by Crippen LogP contribution is -2.43. The molecule has 1 saturated heterocycles. The van der Waals surface area contributed by atoms with Crippen molar-refractivity contribution < 1.29 is 37.7 Å². The number of benzene rings is 3. The van der Waals surface area contributed by atoms with Gasteiger partial charge in [0.05, 0.1) is 22.9 Å². The van der Waals surface area contributed by atoms with Crippen LogP contribution in [0.2, 0.25) is 0 Å². The Morgan fingerprint density at radius 1 is 0.738 bits per heavy atom. The molecule has 1 N–H and O–H groups in total. The van der Waals surface area contributed by atoms with Crippen molar-refractivity contribution in [3.63, 3.8) is 0 Å². The molecule has 214 valence electrons. The summed E-state index contributed by atoms with van der Waals surface area (Å²) >= 11 is 0. The second kappa shape index (κ2) is 12.4. The summed E-state index contributed by atoms with van der Waals surface area (Å²) in [5, 5.41) is 0. The van der Waals surface area contributed by atoms with Gasteiger partial charge in [-0.25, -0.2) is 19.2 Å². The van der Waals surface area contributed by atoms with Gasteiger partial charge >= 0.3 is 23.6 Å². The number of esters is 3. The van der Waals surface area contributed by atoms with Crippen molar-refractivity contribution >= 4 is 17.9 Å². The van der Waals surface area contributed by atoms with E-state index in [1.54, 1.807) is 54.6 Å². The molecule has 3 aromatic carbocycles. The molecular weight excluding hydrogens is 551 g/mol. The fourth-order valence-electron chi connectivity index (χ4n) is 4.33. The minimum Gasteiger partial charge on any atom is -0.459 e. The van der Waals surface area contributed by atoms with Crippen LogP contribution in [0, 0.1) is 5.82 Å². The SMILES string of the molecule is O=C(OC[C@@H]1O[C@H](n2cc(F)c(=O)[nH]c2=O)[C@H](OC(=O)c2ccccc2)[C@@H]1OC(=O)c1ccccc1)c1ccccc1. The fourth-order valence-corrected chi connectivity index (χ4v) is 4.33. The van der Waals surface area contributed by atoms with Crippen LogP contribution in [-0.4, -0.2) is 52.4 Å². The highest BCUT2D eigenvalue weighted by atomic mass is 19.1. The number of aromatic amines is 1.